The molecule has 2 spiro atoms. The first-order chi connectivity index (χ1) is 32.5. The number of unbranched alkanes of at least 4 members (excludes halogenated alkanes) is 6. The molecule has 2 unspecified atom stereocenters. The number of hydrogen-bond donors (Lipinski definition) is 2. The second kappa shape index (κ2) is 22.8. The van der Waals surface area contributed by atoms with Crippen LogP contribution in [0.2, 0.25) is 0 Å². The fraction of sp³-hybridized carbons (Fsp3) is 0.679. The molecular weight excluding hydrogens is 853 g/mol. The van der Waals surface area contributed by atoms with E-state index in [-0.39, 0.29) is 23.7 Å². The molecule has 0 radical (unpaired) electrons. The lowest BCUT2D eigenvalue weighted by atomic mass is 9.79. The highest BCUT2D eigenvalue weighted by Crippen LogP contribution is 2.46. The number of hydrogen-bond acceptors (Lipinski definition) is 6. The Morgan fingerprint density at radius 3 is 1.12 bits per heavy atom. The molecule has 4 fully saturated rings. The Balaban J connectivity index is 1.62. The van der Waals surface area contributed by atoms with E-state index < -0.39 is 58.9 Å². The summed E-state index contributed by atoms with van der Waals surface area (Å²) < 4.78 is 0. The molecule has 2 atom stereocenters. The summed E-state index contributed by atoms with van der Waals surface area (Å²) in [6, 6.07) is 6.64. The highest BCUT2D eigenvalue weighted by molar-refractivity contribution is 6.17. The Morgan fingerprint density at radius 2 is 0.794 bits per heavy atom. The summed E-state index contributed by atoms with van der Waals surface area (Å²) >= 11 is 0. The number of amides is 8. The molecule has 2 heterocycles. The molecule has 2 saturated heterocycles. The van der Waals surface area contributed by atoms with Gasteiger partial charge in [-0.1, -0.05) is 183 Å². The third-order valence-electron chi connectivity index (χ3n) is 15.6. The van der Waals surface area contributed by atoms with Gasteiger partial charge in [0.05, 0.1) is 0 Å². The number of anilines is 2. The molecule has 2 aromatic carbocycles. The van der Waals surface area contributed by atoms with Gasteiger partial charge in [0.25, 0.3) is 11.8 Å². The van der Waals surface area contributed by atoms with Crippen LogP contribution in [0.1, 0.15) is 231 Å². The summed E-state index contributed by atoms with van der Waals surface area (Å²) in [6.45, 7) is 21.2. The second-order valence-electron chi connectivity index (χ2n) is 21.6. The zero-order chi connectivity index (χ0) is 49.5. The third kappa shape index (κ3) is 10.3. The molecule has 2 saturated carbocycles. The summed E-state index contributed by atoms with van der Waals surface area (Å²) in [7, 11) is 0. The maximum Gasteiger partial charge on any atom is 0.328 e. The van der Waals surface area contributed by atoms with Crippen molar-refractivity contribution in [1.82, 2.24) is 19.6 Å². The summed E-state index contributed by atoms with van der Waals surface area (Å²) in [5, 5.41) is 6.44. The summed E-state index contributed by atoms with van der Waals surface area (Å²) in [6.07, 6.45) is 13.5. The summed E-state index contributed by atoms with van der Waals surface area (Å²) in [5.41, 5.74) is 2.06. The van der Waals surface area contributed by atoms with Gasteiger partial charge in [-0.15, -0.1) is 0 Å². The predicted octanol–water partition coefficient (Wildman–Crippen LogP) is 12.6. The molecule has 8 amide bonds. The first-order valence-corrected chi connectivity index (χ1v) is 26.7. The second-order valence-corrected chi connectivity index (χ2v) is 21.6. The van der Waals surface area contributed by atoms with Gasteiger partial charge < -0.3 is 20.4 Å². The van der Waals surface area contributed by atoms with Crippen LogP contribution in [0.25, 0.3) is 0 Å². The van der Waals surface area contributed by atoms with Gasteiger partial charge in [0, 0.05) is 24.5 Å². The van der Waals surface area contributed by atoms with Gasteiger partial charge in [-0.3, -0.25) is 19.2 Å². The van der Waals surface area contributed by atoms with Crippen molar-refractivity contribution in [3.8, 4) is 0 Å². The van der Waals surface area contributed by atoms with Crippen LogP contribution in [-0.2, 0) is 19.2 Å². The number of carbonyl (C=O) groups excluding carboxylic acids is 6. The van der Waals surface area contributed by atoms with Gasteiger partial charge >= 0.3 is 12.1 Å². The maximum atomic E-state index is 16.1. The largest absolute Gasteiger partial charge is 0.328 e. The number of urea groups is 2. The highest BCUT2D eigenvalue weighted by Gasteiger charge is 2.66. The molecule has 0 bridgehead atoms. The van der Waals surface area contributed by atoms with Crippen LogP contribution in [0.3, 0.4) is 0 Å². The average Bonchev–Trinajstić information content (AvgIpc) is 3.61. The first kappa shape index (κ1) is 52.6. The molecular formula is C56H84N6O6. The van der Waals surface area contributed by atoms with E-state index in [1.165, 1.54) is 0 Å². The molecule has 2 aromatic rings. The molecule has 0 aromatic heterocycles. The number of rotatable bonds is 21. The lowest BCUT2D eigenvalue weighted by Gasteiger charge is -2.39. The fourth-order valence-corrected chi connectivity index (χ4v) is 11.8. The summed E-state index contributed by atoms with van der Waals surface area (Å²) in [5.74, 6) is -2.78. The number of nitrogens with one attached hydrogen (secondary N) is 2. The quantitative estimate of drug-likeness (QED) is 0.0944. The average molecular weight is 937 g/mol. The highest BCUT2D eigenvalue weighted by atomic mass is 16.2. The molecule has 2 aliphatic heterocycles. The van der Waals surface area contributed by atoms with Gasteiger partial charge in [0.2, 0.25) is 11.8 Å². The molecule has 4 aliphatic rings. The Kier molecular flexibility index (Phi) is 17.6. The Labute approximate surface area is 408 Å². The minimum absolute atomic E-state index is 0.0306. The van der Waals surface area contributed by atoms with Crippen LogP contribution in [-0.4, -0.2) is 91.5 Å². The number of benzene rings is 2. The van der Waals surface area contributed by atoms with E-state index >= 15 is 28.8 Å². The standard InChI is InChI=1S/C56H84N6O6/c1-11-13-15-16-24-36-60-54(68)62(52(66)56(60)33-21-18-22-34-56)48(50(64)58-46-43(39(7)8)29-26-30-44(46)40(9)10)47(49(63)57-45-41(37(3)4)27-25-28-42(45)38(5)6)61-51(65)55(31-19-17-20-32-55)59(53(61)67)35-23-14-12-2/h25-30,37-40,47-48H,11-24,31-36H2,1-10H3,(H,57,63)(H,58,64). The fourth-order valence-electron chi connectivity index (χ4n) is 11.8. The lowest BCUT2D eigenvalue weighted by molar-refractivity contribution is -0.147. The van der Waals surface area contributed by atoms with Gasteiger partial charge in [-0.25, -0.2) is 19.4 Å². The van der Waals surface area contributed by atoms with Crippen molar-refractivity contribution in [2.24, 2.45) is 0 Å². The zero-order valence-electron chi connectivity index (χ0n) is 43.3. The minimum Gasteiger partial charge on any atom is -0.324 e. The maximum absolute atomic E-state index is 16.1. The Morgan fingerprint density at radius 1 is 0.485 bits per heavy atom. The van der Waals surface area contributed by atoms with E-state index in [1.54, 1.807) is 9.80 Å². The van der Waals surface area contributed by atoms with Gasteiger partial charge in [0.15, 0.2) is 12.1 Å². The van der Waals surface area contributed by atoms with Gasteiger partial charge in [0.1, 0.15) is 11.1 Å². The number of nitrogens with zero attached hydrogens (tertiary/aromatic N) is 4. The van der Waals surface area contributed by atoms with E-state index in [2.05, 4.69) is 24.5 Å². The van der Waals surface area contributed by atoms with Crippen molar-refractivity contribution >= 4 is 47.1 Å². The predicted molar refractivity (Wildman–Crippen MR) is 272 cm³/mol. The first-order valence-electron chi connectivity index (χ1n) is 26.7. The van der Waals surface area contributed by atoms with Crippen molar-refractivity contribution in [3.05, 3.63) is 58.7 Å². The van der Waals surface area contributed by atoms with Crippen molar-refractivity contribution in [2.75, 3.05) is 23.7 Å². The van der Waals surface area contributed by atoms with E-state index in [4.69, 9.17) is 0 Å². The van der Waals surface area contributed by atoms with Crippen molar-refractivity contribution < 1.29 is 28.8 Å². The van der Waals surface area contributed by atoms with Crippen molar-refractivity contribution in [1.29, 1.82) is 0 Å². The zero-order valence-corrected chi connectivity index (χ0v) is 43.3. The number of imide groups is 2. The van der Waals surface area contributed by atoms with Crippen molar-refractivity contribution in [2.45, 2.75) is 232 Å². The van der Waals surface area contributed by atoms with Crippen LogP contribution in [0, 0.1) is 0 Å². The molecule has 12 nitrogen and oxygen atoms in total. The molecule has 68 heavy (non-hydrogen) atoms. The normalized spacial score (nSPS) is 19.2. The van der Waals surface area contributed by atoms with Crippen LogP contribution >= 0.6 is 0 Å². The smallest absolute Gasteiger partial charge is 0.324 e. The third-order valence-corrected chi connectivity index (χ3v) is 15.6. The molecule has 2 N–H and O–H groups in total. The van der Waals surface area contributed by atoms with Crippen LogP contribution in [0.5, 0.6) is 0 Å². The van der Waals surface area contributed by atoms with Crippen LogP contribution in [0.15, 0.2) is 36.4 Å². The monoisotopic (exact) mass is 937 g/mol. The molecule has 6 rings (SSSR count). The SMILES string of the molecule is CCCCCCCN1C(=O)N(C(C(=O)Nc2c(C(C)C)cccc2C(C)C)C(C(=O)Nc2c(C(C)C)cccc2C(C)C)N2C(=O)N(CCCCC)C3(CCCCC3)C2=O)C(=O)C12CCCCC2. The van der Waals surface area contributed by atoms with E-state index in [0.29, 0.717) is 63.0 Å². The minimum atomic E-state index is -1.91. The van der Waals surface area contributed by atoms with Gasteiger partial charge in [-0.05, 0) is 84.5 Å². The topological polar surface area (TPSA) is 139 Å². The molecule has 2 aliphatic carbocycles. The van der Waals surface area contributed by atoms with Crippen LogP contribution in [0.4, 0.5) is 21.0 Å². The lowest BCUT2D eigenvalue weighted by Crippen LogP contribution is -2.65. The van der Waals surface area contributed by atoms with Crippen LogP contribution < -0.4 is 10.6 Å². The molecule has 12 heteroatoms. The van der Waals surface area contributed by atoms with E-state index in [1.807, 2.05) is 91.8 Å². The summed E-state index contributed by atoms with van der Waals surface area (Å²) in [4.78, 5) is 100. The number of carbonyl (C=O) groups is 6. The molecule has 374 valence electrons. The Bertz CT molecular complexity index is 2080. The Hall–Kier alpha value is -4.74. The van der Waals surface area contributed by atoms with E-state index in [9.17, 15) is 0 Å². The van der Waals surface area contributed by atoms with Gasteiger partial charge in [-0.2, -0.15) is 0 Å². The van der Waals surface area contributed by atoms with E-state index in [0.717, 1.165) is 109 Å². The number of para-hydroxylation sites is 2. The van der Waals surface area contributed by atoms with Crippen molar-refractivity contribution in [3.63, 3.8) is 0 Å².